The number of hydrogen-bond acceptors (Lipinski definition) is 1. The molecule has 0 saturated carbocycles. The van der Waals surface area contributed by atoms with Crippen LogP contribution in [0.2, 0.25) is 0 Å². The Labute approximate surface area is 170 Å². The molecule has 1 nitrogen and oxygen atoms in total. The molecular weight excluding hydrogens is 535 g/mol. The fourth-order valence-electron chi connectivity index (χ4n) is 2.47. The minimum atomic E-state index is -6.62. The molecule has 0 fully saturated rings. The van der Waals surface area contributed by atoms with Gasteiger partial charge in [-0.15, -0.1) is 0 Å². The van der Waals surface area contributed by atoms with E-state index in [2.05, 4.69) is 0 Å². The molecule has 2 aromatic rings. The second kappa shape index (κ2) is 7.33. The molecule has 1 radical (unpaired) electrons. The summed E-state index contributed by atoms with van der Waals surface area (Å²) in [6, 6.07) is 6.66. The zero-order chi connectivity index (χ0) is 22.4. The van der Waals surface area contributed by atoms with Crippen molar-refractivity contribution >= 4 is 22.6 Å². The summed E-state index contributed by atoms with van der Waals surface area (Å²) in [5, 5.41) is 8.87. The van der Waals surface area contributed by atoms with Gasteiger partial charge < -0.3 is 0 Å². The summed E-state index contributed by atoms with van der Waals surface area (Å²) in [5.41, 5.74) is -12.2. The summed E-state index contributed by atoms with van der Waals surface area (Å²) in [6.07, 6.45) is -18.6. The van der Waals surface area contributed by atoms with Crippen molar-refractivity contribution in [2.45, 2.75) is 24.2 Å². The highest BCUT2D eigenvalue weighted by atomic mass is 127. The van der Waals surface area contributed by atoms with Crippen molar-refractivity contribution in [2.24, 2.45) is 0 Å². The highest BCUT2D eigenvalue weighted by molar-refractivity contribution is 14.1. The average Bonchev–Trinajstić information content (AvgIpc) is 2.57. The lowest BCUT2D eigenvalue weighted by Gasteiger charge is -2.32. The first-order chi connectivity index (χ1) is 13.0. The first-order valence-corrected chi connectivity index (χ1v) is 8.28. The molecule has 0 saturated heterocycles. The van der Waals surface area contributed by atoms with Gasteiger partial charge in [-0.05, 0) is 46.4 Å². The second-order valence-electron chi connectivity index (χ2n) is 5.63. The maximum atomic E-state index is 14.7. The van der Waals surface area contributed by atoms with Crippen molar-refractivity contribution in [3.05, 3.63) is 56.7 Å². The maximum Gasteiger partial charge on any atom is 0.435 e. The summed E-state index contributed by atoms with van der Waals surface area (Å²) in [4.78, 5) is 0. The van der Waals surface area contributed by atoms with E-state index in [4.69, 9.17) is 5.26 Å². The first-order valence-electron chi connectivity index (χ1n) is 7.20. The minimum absolute atomic E-state index is 0.215. The van der Waals surface area contributed by atoms with Crippen LogP contribution >= 0.6 is 22.6 Å². The molecule has 0 amide bonds. The van der Waals surface area contributed by atoms with Crippen LogP contribution in [0.1, 0.15) is 16.7 Å². The third-order valence-corrected chi connectivity index (χ3v) is 4.57. The molecule has 0 spiro atoms. The number of alkyl halides is 10. The molecule has 0 heterocycles. The van der Waals surface area contributed by atoms with Crippen molar-refractivity contribution in [1.29, 1.82) is 5.26 Å². The first kappa shape index (κ1) is 23.2. The van der Waals surface area contributed by atoms with E-state index >= 15 is 0 Å². The zero-order valence-electron chi connectivity index (χ0n) is 13.5. The van der Waals surface area contributed by atoms with Crippen LogP contribution in [0.25, 0.3) is 11.1 Å². The van der Waals surface area contributed by atoms with Crippen molar-refractivity contribution in [2.75, 3.05) is 0 Å². The SMILES string of the molecule is N#Cc1cccc(-c2c(I)[c]c(C(F)(F)F)cc2C(F)(C(F)(F)F)C(F)(F)F)c1. The second-order valence-corrected chi connectivity index (χ2v) is 6.71. The largest absolute Gasteiger partial charge is 0.435 e. The lowest BCUT2D eigenvalue weighted by molar-refractivity contribution is -0.348. The Balaban J connectivity index is 3.05. The van der Waals surface area contributed by atoms with Crippen LogP contribution in [-0.4, -0.2) is 12.4 Å². The third-order valence-electron chi connectivity index (χ3n) is 3.76. The Morgan fingerprint density at radius 3 is 1.86 bits per heavy atom. The van der Waals surface area contributed by atoms with Gasteiger partial charge in [-0.3, -0.25) is 0 Å². The topological polar surface area (TPSA) is 23.8 Å². The Kier molecular flexibility index (Phi) is 5.88. The van der Waals surface area contributed by atoms with Crippen molar-refractivity contribution in [3.63, 3.8) is 0 Å². The van der Waals surface area contributed by atoms with Gasteiger partial charge in [0.05, 0.1) is 17.2 Å². The predicted octanol–water partition coefficient (Wildman–Crippen LogP) is 6.94. The van der Waals surface area contributed by atoms with E-state index in [0.717, 1.165) is 46.9 Å². The van der Waals surface area contributed by atoms with E-state index < -0.39 is 56.1 Å². The lowest BCUT2D eigenvalue weighted by atomic mass is 9.85. The average molecular weight is 540 g/mol. The molecule has 0 unspecified atom stereocenters. The number of nitrogens with zero attached hydrogens (tertiary/aromatic N) is 1. The lowest BCUT2D eigenvalue weighted by Crippen LogP contribution is -2.51. The molecule has 155 valence electrons. The summed E-state index contributed by atoms with van der Waals surface area (Å²) in [7, 11) is 0. The number of hydrogen-bond donors (Lipinski definition) is 0. The molecule has 0 aliphatic carbocycles. The number of halogens is 11. The summed E-state index contributed by atoms with van der Waals surface area (Å²) >= 11 is 1.04. The highest BCUT2D eigenvalue weighted by Gasteiger charge is 2.74. The number of benzene rings is 2. The molecule has 0 N–H and O–H groups in total. The van der Waals surface area contributed by atoms with E-state index in [9.17, 15) is 43.9 Å². The maximum absolute atomic E-state index is 14.7. The van der Waals surface area contributed by atoms with Crippen LogP contribution in [0.5, 0.6) is 0 Å². The van der Waals surface area contributed by atoms with Gasteiger partial charge >= 0.3 is 24.2 Å². The Morgan fingerprint density at radius 1 is 0.862 bits per heavy atom. The summed E-state index contributed by atoms with van der Waals surface area (Å²) < 4.78 is 132. The van der Waals surface area contributed by atoms with Gasteiger partial charge in [0.25, 0.3) is 0 Å². The smallest absolute Gasteiger partial charge is 0.218 e. The number of rotatable bonds is 2. The third kappa shape index (κ3) is 4.15. The van der Waals surface area contributed by atoms with Crippen molar-refractivity contribution in [1.82, 2.24) is 0 Å². The van der Waals surface area contributed by atoms with E-state index in [1.54, 1.807) is 12.1 Å². The van der Waals surface area contributed by atoms with Gasteiger partial charge in [-0.1, -0.05) is 12.1 Å². The van der Waals surface area contributed by atoms with Crippen molar-refractivity contribution < 1.29 is 43.9 Å². The minimum Gasteiger partial charge on any atom is -0.218 e. The Morgan fingerprint density at radius 2 is 1.41 bits per heavy atom. The van der Waals surface area contributed by atoms with Crippen molar-refractivity contribution in [3.8, 4) is 17.2 Å². The summed E-state index contributed by atoms with van der Waals surface area (Å²) in [5.74, 6) is 0. The molecule has 0 aliphatic heterocycles. The van der Waals surface area contributed by atoms with Crippen LogP contribution in [0.3, 0.4) is 0 Å². The monoisotopic (exact) mass is 540 g/mol. The van der Waals surface area contributed by atoms with Crippen LogP contribution in [-0.2, 0) is 11.8 Å². The fourth-order valence-corrected chi connectivity index (χ4v) is 3.36. The Bertz CT molecular complexity index is 952. The van der Waals surface area contributed by atoms with Gasteiger partial charge in [0.2, 0.25) is 0 Å². The summed E-state index contributed by atoms with van der Waals surface area (Å²) in [6.45, 7) is 0. The molecule has 0 aromatic heterocycles. The molecule has 0 aliphatic rings. The van der Waals surface area contributed by atoms with E-state index in [1.807, 2.05) is 0 Å². The highest BCUT2D eigenvalue weighted by Crippen LogP contribution is 2.56. The van der Waals surface area contributed by atoms with Crippen LogP contribution < -0.4 is 0 Å². The normalized spacial score (nSPS) is 13.3. The van der Waals surface area contributed by atoms with E-state index in [-0.39, 0.29) is 5.56 Å². The molecule has 2 rings (SSSR count). The van der Waals surface area contributed by atoms with Gasteiger partial charge in [0.1, 0.15) is 0 Å². The Hall–Kier alpha value is -2.04. The molecule has 12 heteroatoms. The van der Waals surface area contributed by atoms with Gasteiger partial charge in [0, 0.05) is 20.8 Å². The van der Waals surface area contributed by atoms with Gasteiger partial charge in [0.15, 0.2) is 0 Å². The molecule has 29 heavy (non-hydrogen) atoms. The molecule has 0 bridgehead atoms. The molecular formula is C17H5F10IN. The zero-order valence-corrected chi connectivity index (χ0v) is 15.6. The van der Waals surface area contributed by atoms with Crippen LogP contribution in [0, 0.1) is 21.0 Å². The van der Waals surface area contributed by atoms with Crippen LogP contribution in [0.4, 0.5) is 43.9 Å². The van der Waals surface area contributed by atoms with E-state index in [0.29, 0.717) is 0 Å². The van der Waals surface area contributed by atoms with Crippen LogP contribution in [0.15, 0.2) is 30.3 Å². The molecule has 2 aromatic carbocycles. The van der Waals surface area contributed by atoms with E-state index in [1.165, 1.54) is 0 Å². The quantitative estimate of drug-likeness (QED) is 0.299. The predicted molar refractivity (Wildman–Crippen MR) is 88.0 cm³/mol. The standard InChI is InChI=1S/C17H5F10IN/c18-14(16(22,23)24,17(25,26)27)11-5-10(15(19,20)21)6-12(28)13(11)9-3-1-2-8(4-9)7-29/h1-5H. The number of nitriles is 1. The van der Waals surface area contributed by atoms with Gasteiger partial charge in [-0.2, -0.15) is 44.8 Å². The van der Waals surface area contributed by atoms with Gasteiger partial charge in [-0.25, -0.2) is 4.39 Å². The molecule has 0 atom stereocenters. The fraction of sp³-hybridized carbons (Fsp3) is 0.235.